The smallest absolute Gasteiger partial charge is 0.240 e. The third-order valence-electron chi connectivity index (χ3n) is 2.79. The molecule has 0 aliphatic rings. The highest BCUT2D eigenvalue weighted by Gasteiger charge is 2.20. The van der Waals surface area contributed by atoms with E-state index in [1.54, 1.807) is 7.05 Å². The number of hydrogen-bond donors (Lipinski definition) is 3. The van der Waals surface area contributed by atoms with Gasteiger partial charge in [-0.05, 0) is 39.1 Å². The zero-order valence-electron chi connectivity index (χ0n) is 12.6. The van der Waals surface area contributed by atoms with Gasteiger partial charge in [0.2, 0.25) is 20.0 Å². The second-order valence-electron chi connectivity index (χ2n) is 4.84. The number of sulfonamides is 2. The van der Waals surface area contributed by atoms with E-state index in [1.165, 1.54) is 13.8 Å². The lowest BCUT2D eigenvalue weighted by molar-refractivity contribution is 0.576. The molecule has 1 aromatic carbocycles. The van der Waals surface area contributed by atoms with Gasteiger partial charge in [-0.25, -0.2) is 25.9 Å². The van der Waals surface area contributed by atoms with Gasteiger partial charge in [0, 0.05) is 13.1 Å². The van der Waals surface area contributed by atoms with E-state index in [0.29, 0.717) is 6.54 Å². The largest absolute Gasteiger partial charge is 0.318 e. The van der Waals surface area contributed by atoms with E-state index >= 15 is 0 Å². The number of likely N-dealkylation sites (N-methyl/N-ethyl adjacent to an activating group) is 1. The lowest BCUT2D eigenvalue weighted by Gasteiger charge is -2.12. The molecule has 22 heavy (non-hydrogen) atoms. The summed E-state index contributed by atoms with van der Waals surface area (Å²) >= 11 is 0. The highest BCUT2D eigenvalue weighted by atomic mass is 32.2. The first-order chi connectivity index (χ1) is 10.1. The average Bonchev–Trinajstić information content (AvgIpc) is 2.40. The van der Waals surface area contributed by atoms with Crippen LogP contribution in [-0.2, 0) is 20.0 Å². The molecule has 0 unspecified atom stereocenters. The summed E-state index contributed by atoms with van der Waals surface area (Å²) in [6.07, 6.45) is 0. The number of nitrogens with one attached hydrogen (secondary N) is 3. The van der Waals surface area contributed by atoms with Crippen LogP contribution in [0.3, 0.4) is 0 Å². The molecule has 0 radical (unpaired) electrons. The minimum absolute atomic E-state index is 0.155. The summed E-state index contributed by atoms with van der Waals surface area (Å²) in [4.78, 5) is -0.270. The van der Waals surface area contributed by atoms with Gasteiger partial charge in [-0.15, -0.1) is 0 Å². The zero-order chi connectivity index (χ0) is 17.0. The summed E-state index contributed by atoms with van der Waals surface area (Å²) in [5, 5.41) is 2.03. The summed E-state index contributed by atoms with van der Waals surface area (Å²) in [5.41, 5.74) is -0.289. The van der Waals surface area contributed by atoms with Crippen LogP contribution in [0.2, 0.25) is 0 Å². The van der Waals surface area contributed by atoms with Crippen LogP contribution in [0.4, 0.5) is 10.1 Å². The predicted molar refractivity (Wildman–Crippen MR) is 83.2 cm³/mol. The van der Waals surface area contributed by atoms with Crippen molar-refractivity contribution in [1.82, 2.24) is 10.0 Å². The van der Waals surface area contributed by atoms with Gasteiger partial charge in [0.1, 0.15) is 5.82 Å². The van der Waals surface area contributed by atoms with Gasteiger partial charge in [0.25, 0.3) is 0 Å². The third-order valence-corrected chi connectivity index (χ3v) is 6.00. The van der Waals surface area contributed by atoms with Crippen LogP contribution < -0.4 is 14.8 Å². The van der Waals surface area contributed by atoms with E-state index < -0.39 is 31.1 Å². The Balaban J connectivity index is 2.99. The lowest BCUT2D eigenvalue weighted by atomic mass is 10.3. The molecule has 1 rings (SSSR count). The normalized spacial score (nSPS) is 12.6. The fourth-order valence-corrected chi connectivity index (χ4v) is 3.16. The molecule has 0 spiro atoms. The molecule has 0 aliphatic carbocycles. The molecule has 0 saturated carbocycles. The Morgan fingerprint density at radius 3 is 2.27 bits per heavy atom. The van der Waals surface area contributed by atoms with E-state index in [1.807, 2.05) is 0 Å². The molecule has 3 N–H and O–H groups in total. The first-order valence-corrected chi connectivity index (χ1v) is 9.58. The number of halogens is 1. The van der Waals surface area contributed by atoms with Crippen molar-refractivity contribution in [1.29, 1.82) is 0 Å². The number of hydrogen-bond acceptors (Lipinski definition) is 5. The Morgan fingerprint density at radius 2 is 1.77 bits per heavy atom. The maximum atomic E-state index is 13.9. The summed E-state index contributed by atoms with van der Waals surface area (Å²) in [5.74, 6) is -0.958. The molecular formula is C12H20FN3O4S2. The van der Waals surface area contributed by atoms with Gasteiger partial charge < -0.3 is 5.32 Å². The molecule has 126 valence electrons. The van der Waals surface area contributed by atoms with Crippen LogP contribution in [0.5, 0.6) is 0 Å². The Morgan fingerprint density at radius 1 is 1.14 bits per heavy atom. The second kappa shape index (κ2) is 7.36. The zero-order valence-corrected chi connectivity index (χ0v) is 14.2. The van der Waals surface area contributed by atoms with Crippen molar-refractivity contribution in [3.8, 4) is 0 Å². The topological polar surface area (TPSA) is 104 Å². The maximum Gasteiger partial charge on any atom is 0.240 e. The van der Waals surface area contributed by atoms with Gasteiger partial charge in [0.15, 0.2) is 0 Å². The second-order valence-corrected chi connectivity index (χ2v) is 8.84. The minimum Gasteiger partial charge on any atom is -0.318 e. The average molecular weight is 353 g/mol. The van der Waals surface area contributed by atoms with Gasteiger partial charge in [-0.2, -0.15) is 0 Å². The molecule has 0 bridgehead atoms. The van der Waals surface area contributed by atoms with Crippen LogP contribution in [0, 0.1) is 5.82 Å². The molecule has 1 aromatic rings. The van der Waals surface area contributed by atoms with Crippen LogP contribution in [-0.4, -0.2) is 42.2 Å². The van der Waals surface area contributed by atoms with E-state index in [2.05, 4.69) is 14.8 Å². The standard InChI is InChI=1S/C12H20FN3O4S2/c1-9(2)21(17,18)16-12-5-4-10(8-11(12)13)22(19,20)15-7-6-14-3/h4-5,8-9,14-16H,6-7H2,1-3H3. The van der Waals surface area contributed by atoms with Crippen molar-refractivity contribution in [3.05, 3.63) is 24.0 Å². The lowest BCUT2D eigenvalue weighted by Crippen LogP contribution is -2.30. The molecule has 0 fully saturated rings. The number of benzene rings is 1. The van der Waals surface area contributed by atoms with Crippen molar-refractivity contribution in [2.75, 3.05) is 24.9 Å². The van der Waals surface area contributed by atoms with Gasteiger partial charge in [-0.3, -0.25) is 4.72 Å². The van der Waals surface area contributed by atoms with E-state index in [0.717, 1.165) is 18.2 Å². The third kappa shape index (κ3) is 4.90. The van der Waals surface area contributed by atoms with E-state index in [9.17, 15) is 21.2 Å². The summed E-state index contributed by atoms with van der Waals surface area (Å²) < 4.78 is 65.5. The molecular weight excluding hydrogens is 333 g/mol. The molecule has 0 atom stereocenters. The van der Waals surface area contributed by atoms with Gasteiger partial charge in [0.05, 0.1) is 15.8 Å². The molecule has 7 nitrogen and oxygen atoms in total. The molecule has 0 aromatic heterocycles. The van der Waals surface area contributed by atoms with Crippen molar-refractivity contribution < 1.29 is 21.2 Å². The highest BCUT2D eigenvalue weighted by molar-refractivity contribution is 7.93. The van der Waals surface area contributed by atoms with Crippen molar-refractivity contribution in [2.45, 2.75) is 24.0 Å². The summed E-state index contributed by atoms with van der Waals surface area (Å²) in [7, 11) is -5.87. The Kier molecular flexibility index (Phi) is 6.29. The molecule has 0 aliphatic heterocycles. The van der Waals surface area contributed by atoms with Crippen LogP contribution >= 0.6 is 0 Å². The van der Waals surface area contributed by atoms with E-state index in [-0.39, 0.29) is 17.1 Å². The Labute approximate surface area is 130 Å². The van der Waals surface area contributed by atoms with E-state index in [4.69, 9.17) is 0 Å². The van der Waals surface area contributed by atoms with Crippen LogP contribution in [0.25, 0.3) is 0 Å². The monoisotopic (exact) mass is 353 g/mol. The fraction of sp³-hybridized carbons (Fsp3) is 0.500. The summed E-state index contributed by atoms with van der Waals surface area (Å²) in [6, 6.07) is 3.00. The highest BCUT2D eigenvalue weighted by Crippen LogP contribution is 2.20. The number of anilines is 1. The minimum atomic E-state index is -3.84. The Bertz CT molecular complexity index is 718. The molecule has 0 heterocycles. The number of rotatable bonds is 8. The molecule has 10 heteroatoms. The van der Waals surface area contributed by atoms with Gasteiger partial charge >= 0.3 is 0 Å². The van der Waals surface area contributed by atoms with Crippen LogP contribution in [0.15, 0.2) is 23.1 Å². The predicted octanol–water partition coefficient (Wildman–Crippen LogP) is 0.473. The fourth-order valence-electron chi connectivity index (χ4n) is 1.41. The quantitative estimate of drug-likeness (QED) is 0.590. The van der Waals surface area contributed by atoms with Crippen LogP contribution in [0.1, 0.15) is 13.8 Å². The maximum absolute atomic E-state index is 13.9. The van der Waals surface area contributed by atoms with Crippen molar-refractivity contribution >= 4 is 25.7 Å². The Hall–Kier alpha value is -1.23. The first kappa shape index (κ1) is 18.8. The molecule has 0 amide bonds. The SMILES string of the molecule is CNCCNS(=O)(=O)c1ccc(NS(=O)(=O)C(C)C)c(F)c1. The van der Waals surface area contributed by atoms with Gasteiger partial charge in [-0.1, -0.05) is 0 Å². The summed E-state index contributed by atoms with van der Waals surface area (Å²) in [6.45, 7) is 3.48. The first-order valence-electron chi connectivity index (χ1n) is 6.55. The van der Waals surface area contributed by atoms with Crippen molar-refractivity contribution in [3.63, 3.8) is 0 Å². The van der Waals surface area contributed by atoms with Crippen molar-refractivity contribution in [2.24, 2.45) is 0 Å². The molecule has 0 saturated heterocycles.